The van der Waals surface area contributed by atoms with Crippen LogP contribution in [-0.4, -0.2) is 63.2 Å². The van der Waals surface area contributed by atoms with Gasteiger partial charge in [0.05, 0.1) is 29.4 Å². The second-order valence-corrected chi connectivity index (χ2v) is 8.36. The molecule has 0 unspecified atom stereocenters. The van der Waals surface area contributed by atoms with Crippen LogP contribution in [0.1, 0.15) is 28.4 Å². The summed E-state index contributed by atoms with van der Waals surface area (Å²) in [4.78, 5) is 35.7. The first kappa shape index (κ1) is 24.5. The molecule has 4 rings (SSSR count). The maximum Gasteiger partial charge on any atom is 0.255 e. The Bertz CT molecular complexity index is 1410. The van der Waals surface area contributed by atoms with Crippen molar-refractivity contribution in [1.82, 2.24) is 24.6 Å². The highest BCUT2D eigenvalue weighted by molar-refractivity contribution is 5.94. The lowest BCUT2D eigenvalue weighted by atomic mass is 9.99. The zero-order valence-electron chi connectivity index (χ0n) is 19.5. The second kappa shape index (κ2) is 10.3. The number of carbonyl (C=O) groups is 1. The number of likely N-dealkylation sites (N-methyl/N-ethyl adjacent to an activating group) is 1. The Morgan fingerprint density at radius 2 is 2.11 bits per heavy atom. The Kier molecular flexibility index (Phi) is 7.00. The average molecular weight is 488 g/mol. The molecule has 1 saturated heterocycles. The summed E-state index contributed by atoms with van der Waals surface area (Å²) in [6.45, 7) is 3.88. The first-order chi connectivity index (χ1) is 17.4. The lowest BCUT2D eigenvalue weighted by Gasteiger charge is -2.37. The molecule has 182 valence electrons. The number of nitroso groups, excluding NO2 is 1. The van der Waals surface area contributed by atoms with Gasteiger partial charge in [-0.2, -0.15) is 15.0 Å². The third kappa shape index (κ3) is 4.63. The Hall–Kier alpha value is -4.66. The molecule has 1 atom stereocenters. The molecular formula is C23H21FN10O2. The van der Waals surface area contributed by atoms with Crippen molar-refractivity contribution >= 4 is 11.7 Å². The molecule has 12 nitrogen and oxygen atoms in total. The third-order valence-electron chi connectivity index (χ3n) is 6.20. The number of halogens is 1. The second-order valence-electron chi connectivity index (χ2n) is 8.36. The van der Waals surface area contributed by atoms with E-state index in [1.165, 1.54) is 23.1 Å². The standard InChI is InChI=1S/C23H21FN10O2/c1-14-13-33(6-5-32(14)2)23(35)15-3-4-21(27-10-15)34-22(30-36)19(12-29-34)18-8-20(24)16(9-25)7-17(18)11-28-31-26/h3-4,7-8,10,12,14H,5-6,11,13H2,1-2H3/t14-/m1/s1. The van der Waals surface area contributed by atoms with Crippen LogP contribution in [0.15, 0.2) is 47.0 Å². The lowest BCUT2D eigenvalue weighted by Crippen LogP contribution is -2.52. The fourth-order valence-corrected chi connectivity index (χ4v) is 4.03. The molecule has 2 aromatic heterocycles. The molecule has 3 aromatic rings. The van der Waals surface area contributed by atoms with Gasteiger partial charge in [-0.15, -0.1) is 4.91 Å². The maximum absolute atomic E-state index is 14.4. The fourth-order valence-electron chi connectivity index (χ4n) is 4.03. The summed E-state index contributed by atoms with van der Waals surface area (Å²) in [7, 11) is 2.02. The van der Waals surface area contributed by atoms with Crippen LogP contribution in [0.25, 0.3) is 27.4 Å². The number of carbonyl (C=O) groups excluding carboxylic acids is 1. The van der Waals surface area contributed by atoms with E-state index in [4.69, 9.17) is 10.8 Å². The van der Waals surface area contributed by atoms with Crippen molar-refractivity contribution in [3.8, 4) is 23.0 Å². The summed E-state index contributed by atoms with van der Waals surface area (Å²) in [6, 6.07) is 7.44. The van der Waals surface area contributed by atoms with E-state index in [0.717, 1.165) is 12.6 Å². The van der Waals surface area contributed by atoms with Crippen molar-refractivity contribution in [2.75, 3.05) is 26.7 Å². The summed E-state index contributed by atoms with van der Waals surface area (Å²) < 4.78 is 15.6. The molecule has 36 heavy (non-hydrogen) atoms. The number of rotatable bonds is 6. The Labute approximate surface area is 205 Å². The summed E-state index contributed by atoms with van der Waals surface area (Å²) in [5.41, 5.74) is 9.56. The van der Waals surface area contributed by atoms with Crippen LogP contribution in [-0.2, 0) is 6.54 Å². The number of benzene rings is 1. The van der Waals surface area contributed by atoms with Crippen LogP contribution in [0, 0.1) is 22.1 Å². The monoisotopic (exact) mass is 488 g/mol. The van der Waals surface area contributed by atoms with Gasteiger partial charge in [-0.05, 0) is 60.1 Å². The number of amides is 1. The quantitative estimate of drug-likeness (QED) is 0.221. The predicted octanol–water partition coefficient (Wildman–Crippen LogP) is 3.93. The fraction of sp³-hybridized carbons (Fsp3) is 0.304. The first-order valence-electron chi connectivity index (χ1n) is 11.0. The highest BCUT2D eigenvalue weighted by Gasteiger charge is 2.26. The molecule has 13 heteroatoms. The smallest absolute Gasteiger partial charge is 0.255 e. The molecule has 3 heterocycles. The molecule has 1 aromatic carbocycles. The zero-order valence-corrected chi connectivity index (χ0v) is 19.5. The van der Waals surface area contributed by atoms with Gasteiger partial charge in [0.15, 0.2) is 5.82 Å². The van der Waals surface area contributed by atoms with E-state index in [2.05, 4.69) is 37.1 Å². The molecule has 1 amide bonds. The number of piperazine rings is 1. The number of hydrogen-bond donors (Lipinski definition) is 0. The number of nitriles is 1. The summed E-state index contributed by atoms with van der Waals surface area (Å²) >= 11 is 0. The average Bonchev–Trinajstić information content (AvgIpc) is 3.33. The molecule has 0 aliphatic carbocycles. The van der Waals surface area contributed by atoms with Crippen LogP contribution in [0.3, 0.4) is 0 Å². The number of hydrogen-bond acceptors (Lipinski definition) is 8. The minimum Gasteiger partial charge on any atom is -0.336 e. The van der Waals surface area contributed by atoms with Gasteiger partial charge in [0, 0.05) is 36.8 Å². The van der Waals surface area contributed by atoms with E-state index in [0.29, 0.717) is 24.2 Å². The van der Waals surface area contributed by atoms with Crippen molar-refractivity contribution in [3.05, 3.63) is 74.5 Å². The van der Waals surface area contributed by atoms with Gasteiger partial charge >= 0.3 is 0 Å². The molecule has 0 N–H and O–H groups in total. The van der Waals surface area contributed by atoms with Crippen molar-refractivity contribution in [2.45, 2.75) is 19.5 Å². The van der Waals surface area contributed by atoms with Crippen molar-refractivity contribution in [3.63, 3.8) is 0 Å². The molecule has 0 radical (unpaired) electrons. The molecule has 1 aliphatic heterocycles. The van der Waals surface area contributed by atoms with Crippen LogP contribution in [0.2, 0.25) is 0 Å². The van der Waals surface area contributed by atoms with Gasteiger partial charge < -0.3 is 9.80 Å². The van der Waals surface area contributed by atoms with Crippen molar-refractivity contribution in [1.29, 1.82) is 5.26 Å². The molecular weight excluding hydrogens is 467 g/mol. The minimum atomic E-state index is -0.805. The molecule has 1 fully saturated rings. The summed E-state index contributed by atoms with van der Waals surface area (Å²) in [5, 5.41) is 19.9. The van der Waals surface area contributed by atoms with E-state index in [9.17, 15) is 14.1 Å². The Morgan fingerprint density at radius 3 is 2.75 bits per heavy atom. The summed E-state index contributed by atoms with van der Waals surface area (Å²) in [6.07, 6.45) is 2.72. The van der Waals surface area contributed by atoms with Gasteiger partial charge in [-0.1, -0.05) is 5.11 Å². The molecule has 0 spiro atoms. The SMILES string of the molecule is C[C@@H]1CN(C(=O)c2ccc(-n3ncc(-c4cc(F)c(C#N)cc4CN=[N+]=[N-])c3N=O)nc2)CCN1C. The van der Waals surface area contributed by atoms with Gasteiger partial charge in [-0.25, -0.2) is 9.37 Å². The lowest BCUT2D eigenvalue weighted by molar-refractivity contribution is 0.0572. The molecule has 0 saturated carbocycles. The number of azide groups is 1. The number of aromatic nitrogens is 3. The molecule has 1 aliphatic rings. The van der Waals surface area contributed by atoms with Crippen LogP contribution < -0.4 is 0 Å². The van der Waals surface area contributed by atoms with Gasteiger partial charge in [-0.3, -0.25) is 4.79 Å². The first-order valence-corrected chi connectivity index (χ1v) is 11.0. The van der Waals surface area contributed by atoms with E-state index in [-0.39, 0.29) is 46.8 Å². The van der Waals surface area contributed by atoms with E-state index in [1.54, 1.807) is 23.1 Å². The number of pyridine rings is 1. The van der Waals surface area contributed by atoms with E-state index >= 15 is 0 Å². The summed E-state index contributed by atoms with van der Waals surface area (Å²) in [5.74, 6) is -0.883. The highest BCUT2D eigenvalue weighted by atomic mass is 19.1. The highest BCUT2D eigenvalue weighted by Crippen LogP contribution is 2.35. The largest absolute Gasteiger partial charge is 0.336 e. The van der Waals surface area contributed by atoms with Crippen molar-refractivity contribution in [2.24, 2.45) is 10.3 Å². The van der Waals surface area contributed by atoms with Gasteiger partial charge in [0.1, 0.15) is 11.9 Å². The van der Waals surface area contributed by atoms with Gasteiger partial charge in [0.2, 0.25) is 5.82 Å². The van der Waals surface area contributed by atoms with Gasteiger partial charge in [0.25, 0.3) is 5.91 Å². The van der Waals surface area contributed by atoms with Crippen LogP contribution >= 0.6 is 0 Å². The van der Waals surface area contributed by atoms with Crippen LogP contribution in [0.4, 0.5) is 10.2 Å². The predicted molar refractivity (Wildman–Crippen MR) is 128 cm³/mol. The van der Waals surface area contributed by atoms with Crippen LogP contribution in [0.5, 0.6) is 0 Å². The Balaban J connectivity index is 1.67. The van der Waals surface area contributed by atoms with Crippen molar-refractivity contribution < 1.29 is 9.18 Å². The normalized spacial score (nSPS) is 15.7. The molecule has 0 bridgehead atoms. The number of nitrogens with zero attached hydrogens (tertiary/aromatic N) is 10. The zero-order chi connectivity index (χ0) is 25.8. The van der Waals surface area contributed by atoms with E-state index < -0.39 is 5.82 Å². The minimum absolute atomic E-state index is 0.139. The topological polar surface area (TPSA) is 156 Å². The Morgan fingerprint density at radius 1 is 1.31 bits per heavy atom. The third-order valence-corrected chi connectivity index (χ3v) is 6.20. The van der Waals surface area contributed by atoms with E-state index in [1.807, 2.05) is 7.05 Å². The maximum atomic E-state index is 14.4.